The summed E-state index contributed by atoms with van der Waals surface area (Å²) in [6.45, 7) is 7.71. The van der Waals surface area contributed by atoms with Crippen LogP contribution >= 0.6 is 0 Å². The highest BCUT2D eigenvalue weighted by molar-refractivity contribution is 5.77. The summed E-state index contributed by atoms with van der Waals surface area (Å²) in [5.41, 5.74) is 2.11. The molecule has 0 radical (unpaired) electrons. The summed E-state index contributed by atoms with van der Waals surface area (Å²) in [6.07, 6.45) is 0.820. The van der Waals surface area contributed by atoms with Crippen molar-refractivity contribution < 1.29 is 5.11 Å². The van der Waals surface area contributed by atoms with Crippen molar-refractivity contribution in [3.8, 4) is 0 Å². The zero-order chi connectivity index (χ0) is 14.8. The molecule has 0 aliphatic carbocycles. The molecule has 3 rings (SSSR count). The summed E-state index contributed by atoms with van der Waals surface area (Å²) in [4.78, 5) is 12.8. The van der Waals surface area contributed by atoms with Crippen LogP contribution in [0.2, 0.25) is 0 Å². The van der Waals surface area contributed by atoms with Gasteiger partial charge in [-0.1, -0.05) is 19.1 Å². The van der Waals surface area contributed by atoms with E-state index in [9.17, 15) is 5.11 Å². The Kier molecular flexibility index (Phi) is 4.12. The number of aromatic amines is 1. The lowest BCUT2D eigenvalue weighted by atomic mass is 10.1. The van der Waals surface area contributed by atoms with Gasteiger partial charge in [0.15, 0.2) is 0 Å². The average molecular weight is 288 g/mol. The van der Waals surface area contributed by atoms with E-state index in [1.54, 1.807) is 0 Å². The molecule has 1 saturated heterocycles. The van der Waals surface area contributed by atoms with Crippen LogP contribution in [0.1, 0.15) is 20.3 Å². The molecular weight excluding hydrogens is 264 g/mol. The molecule has 2 aromatic rings. The quantitative estimate of drug-likeness (QED) is 0.901. The van der Waals surface area contributed by atoms with E-state index in [0.29, 0.717) is 6.04 Å². The Labute approximate surface area is 125 Å². The van der Waals surface area contributed by atoms with E-state index < -0.39 is 0 Å². The SMILES string of the molecule is CCC1CN(c2nc3ccccc3[nH]2)CCN1CC(C)O. The number of aliphatic hydroxyl groups is 1. The highest BCUT2D eigenvalue weighted by Gasteiger charge is 2.27. The van der Waals surface area contributed by atoms with Gasteiger partial charge in [-0.25, -0.2) is 4.98 Å². The van der Waals surface area contributed by atoms with Crippen LogP contribution in [0.5, 0.6) is 0 Å². The second-order valence-corrected chi connectivity index (χ2v) is 5.93. The Morgan fingerprint density at radius 2 is 2.19 bits per heavy atom. The van der Waals surface area contributed by atoms with Crippen molar-refractivity contribution in [2.45, 2.75) is 32.4 Å². The summed E-state index contributed by atoms with van der Waals surface area (Å²) >= 11 is 0. The molecule has 5 heteroatoms. The van der Waals surface area contributed by atoms with E-state index in [0.717, 1.165) is 49.6 Å². The molecule has 114 valence electrons. The third kappa shape index (κ3) is 3.04. The van der Waals surface area contributed by atoms with E-state index in [1.165, 1.54) is 0 Å². The molecule has 2 atom stereocenters. The fourth-order valence-corrected chi connectivity index (χ4v) is 3.14. The highest BCUT2D eigenvalue weighted by Crippen LogP contribution is 2.21. The maximum atomic E-state index is 9.62. The summed E-state index contributed by atoms with van der Waals surface area (Å²) in [7, 11) is 0. The van der Waals surface area contributed by atoms with E-state index in [-0.39, 0.29) is 6.10 Å². The number of aromatic nitrogens is 2. The Hall–Kier alpha value is -1.59. The largest absolute Gasteiger partial charge is 0.392 e. The Bertz CT molecular complexity index is 562. The number of hydrogen-bond acceptors (Lipinski definition) is 4. The van der Waals surface area contributed by atoms with Gasteiger partial charge in [-0.15, -0.1) is 0 Å². The first-order valence-electron chi connectivity index (χ1n) is 7.79. The van der Waals surface area contributed by atoms with Crippen LogP contribution in [0.15, 0.2) is 24.3 Å². The maximum Gasteiger partial charge on any atom is 0.203 e. The number of hydrogen-bond donors (Lipinski definition) is 2. The van der Waals surface area contributed by atoms with Crippen LogP contribution in [0.4, 0.5) is 5.95 Å². The lowest BCUT2D eigenvalue weighted by Crippen LogP contribution is -2.54. The van der Waals surface area contributed by atoms with Crippen molar-refractivity contribution in [2.24, 2.45) is 0 Å². The Balaban J connectivity index is 1.75. The Morgan fingerprint density at radius 1 is 1.38 bits per heavy atom. The number of nitrogens with one attached hydrogen (secondary N) is 1. The van der Waals surface area contributed by atoms with E-state index >= 15 is 0 Å². The number of para-hydroxylation sites is 2. The molecule has 0 amide bonds. The molecule has 2 unspecified atom stereocenters. The molecule has 2 N–H and O–H groups in total. The number of β-amino-alcohol motifs (C(OH)–C–C–N with tert-alkyl or cyclic N) is 1. The molecule has 1 aliphatic heterocycles. The van der Waals surface area contributed by atoms with Crippen LogP contribution in [0, 0.1) is 0 Å². The zero-order valence-corrected chi connectivity index (χ0v) is 12.8. The number of aliphatic hydroxyl groups excluding tert-OH is 1. The van der Waals surface area contributed by atoms with E-state index in [4.69, 9.17) is 4.98 Å². The lowest BCUT2D eigenvalue weighted by molar-refractivity contribution is 0.0883. The zero-order valence-electron chi connectivity index (χ0n) is 12.8. The third-order valence-electron chi connectivity index (χ3n) is 4.25. The monoisotopic (exact) mass is 288 g/mol. The summed E-state index contributed by atoms with van der Waals surface area (Å²) in [5.74, 6) is 0.964. The molecule has 2 heterocycles. The standard InChI is InChI=1S/C16H24N4O/c1-3-13-11-20(9-8-19(13)10-12(2)21)16-17-14-6-4-5-7-15(14)18-16/h4-7,12-13,21H,3,8-11H2,1-2H3,(H,17,18). The van der Waals surface area contributed by atoms with Crippen LogP contribution in [0.3, 0.4) is 0 Å². The first-order chi connectivity index (χ1) is 10.2. The third-order valence-corrected chi connectivity index (χ3v) is 4.25. The van der Waals surface area contributed by atoms with Crippen LogP contribution in [0.25, 0.3) is 11.0 Å². The first-order valence-corrected chi connectivity index (χ1v) is 7.79. The van der Waals surface area contributed by atoms with Gasteiger partial charge in [0.05, 0.1) is 17.1 Å². The second-order valence-electron chi connectivity index (χ2n) is 5.93. The number of nitrogens with zero attached hydrogens (tertiary/aromatic N) is 3. The molecule has 0 spiro atoms. The second kappa shape index (κ2) is 6.03. The predicted molar refractivity (Wildman–Crippen MR) is 85.6 cm³/mol. The molecule has 0 bridgehead atoms. The maximum absolute atomic E-state index is 9.62. The minimum atomic E-state index is -0.267. The van der Waals surface area contributed by atoms with Gasteiger partial charge in [-0.05, 0) is 25.5 Å². The van der Waals surface area contributed by atoms with Gasteiger partial charge in [0.2, 0.25) is 5.95 Å². The van der Waals surface area contributed by atoms with Gasteiger partial charge in [0.1, 0.15) is 0 Å². The van der Waals surface area contributed by atoms with Crippen LogP contribution in [-0.2, 0) is 0 Å². The molecule has 1 aliphatic rings. The number of piperazine rings is 1. The highest BCUT2D eigenvalue weighted by atomic mass is 16.3. The summed E-state index contributed by atoms with van der Waals surface area (Å²) in [5, 5.41) is 9.62. The fourth-order valence-electron chi connectivity index (χ4n) is 3.14. The number of fused-ring (bicyclic) bond motifs is 1. The number of H-pyrrole nitrogens is 1. The van der Waals surface area contributed by atoms with Crippen molar-refractivity contribution in [3.63, 3.8) is 0 Å². The molecule has 21 heavy (non-hydrogen) atoms. The van der Waals surface area contributed by atoms with Gasteiger partial charge in [0.25, 0.3) is 0 Å². The van der Waals surface area contributed by atoms with Gasteiger partial charge < -0.3 is 15.0 Å². The van der Waals surface area contributed by atoms with Crippen molar-refractivity contribution in [1.29, 1.82) is 0 Å². The molecule has 0 saturated carbocycles. The van der Waals surface area contributed by atoms with Crippen molar-refractivity contribution >= 4 is 17.0 Å². The Morgan fingerprint density at radius 3 is 2.90 bits per heavy atom. The summed E-state index contributed by atoms with van der Waals surface area (Å²) in [6, 6.07) is 8.62. The van der Waals surface area contributed by atoms with Crippen LogP contribution in [-0.4, -0.2) is 58.3 Å². The predicted octanol–water partition coefficient (Wildman–Crippen LogP) is 1.84. The normalized spacial score (nSPS) is 21.9. The topological polar surface area (TPSA) is 55.4 Å². The van der Waals surface area contributed by atoms with Gasteiger partial charge >= 0.3 is 0 Å². The average Bonchev–Trinajstić information content (AvgIpc) is 2.91. The van der Waals surface area contributed by atoms with Crippen molar-refractivity contribution in [3.05, 3.63) is 24.3 Å². The van der Waals surface area contributed by atoms with Crippen molar-refractivity contribution in [2.75, 3.05) is 31.1 Å². The van der Waals surface area contributed by atoms with E-state index in [2.05, 4.69) is 27.8 Å². The number of benzene rings is 1. The smallest absolute Gasteiger partial charge is 0.203 e. The van der Waals surface area contributed by atoms with E-state index in [1.807, 2.05) is 25.1 Å². The number of rotatable bonds is 4. The van der Waals surface area contributed by atoms with Gasteiger partial charge in [-0.2, -0.15) is 0 Å². The van der Waals surface area contributed by atoms with Crippen molar-refractivity contribution in [1.82, 2.24) is 14.9 Å². The van der Waals surface area contributed by atoms with Gasteiger partial charge in [0, 0.05) is 32.2 Å². The molecule has 1 aromatic heterocycles. The van der Waals surface area contributed by atoms with Crippen LogP contribution < -0.4 is 4.90 Å². The first kappa shape index (κ1) is 14.4. The lowest BCUT2D eigenvalue weighted by Gasteiger charge is -2.41. The molecule has 1 aromatic carbocycles. The fraction of sp³-hybridized carbons (Fsp3) is 0.562. The minimum Gasteiger partial charge on any atom is -0.392 e. The summed E-state index contributed by atoms with van der Waals surface area (Å²) < 4.78 is 0. The molecule has 1 fully saturated rings. The van der Waals surface area contributed by atoms with Gasteiger partial charge in [-0.3, -0.25) is 4.90 Å². The molecular formula is C16H24N4O. The minimum absolute atomic E-state index is 0.267. The number of anilines is 1. The number of imidazole rings is 1. The molecule has 5 nitrogen and oxygen atoms in total.